The van der Waals surface area contributed by atoms with Crippen molar-refractivity contribution in [2.75, 3.05) is 31.6 Å². The number of nitrogens with zero attached hydrogens (tertiary/aromatic N) is 3. The fraction of sp³-hybridized carbons (Fsp3) is 0.467. The van der Waals surface area contributed by atoms with E-state index in [1.165, 1.54) is 0 Å². The number of amides is 1. The van der Waals surface area contributed by atoms with E-state index in [4.69, 9.17) is 5.26 Å². The molecule has 0 fully saturated rings. The van der Waals surface area contributed by atoms with E-state index in [9.17, 15) is 4.79 Å². The van der Waals surface area contributed by atoms with E-state index in [2.05, 4.69) is 6.07 Å². The molecular weight excluding hydrogens is 238 g/mol. The van der Waals surface area contributed by atoms with Crippen LogP contribution in [0.15, 0.2) is 18.2 Å². The van der Waals surface area contributed by atoms with Crippen LogP contribution in [0.3, 0.4) is 0 Å². The minimum atomic E-state index is 0.120. The maximum absolute atomic E-state index is 12.0. The van der Waals surface area contributed by atoms with Gasteiger partial charge in [0, 0.05) is 25.8 Å². The quantitative estimate of drug-likeness (QED) is 0.814. The summed E-state index contributed by atoms with van der Waals surface area (Å²) in [6.45, 7) is 7.68. The summed E-state index contributed by atoms with van der Waals surface area (Å²) in [5, 5.41) is 8.91. The second kappa shape index (κ2) is 6.79. The number of rotatable bonds is 5. The summed E-state index contributed by atoms with van der Waals surface area (Å²) in [5.74, 6) is 0.120. The fourth-order valence-corrected chi connectivity index (χ4v) is 1.98. The normalized spacial score (nSPS) is 9.84. The Labute approximate surface area is 115 Å². The molecule has 0 unspecified atom stereocenters. The second-order valence-corrected chi connectivity index (χ2v) is 4.53. The van der Waals surface area contributed by atoms with Crippen LogP contribution in [0.5, 0.6) is 0 Å². The molecule has 4 nitrogen and oxygen atoms in total. The molecule has 0 aliphatic rings. The third-order valence-corrected chi connectivity index (χ3v) is 3.26. The van der Waals surface area contributed by atoms with E-state index in [1.54, 1.807) is 6.07 Å². The van der Waals surface area contributed by atoms with Crippen LogP contribution < -0.4 is 4.90 Å². The minimum Gasteiger partial charge on any atom is -0.365 e. The van der Waals surface area contributed by atoms with Gasteiger partial charge >= 0.3 is 0 Å². The first kappa shape index (κ1) is 15.0. The van der Waals surface area contributed by atoms with Crippen molar-refractivity contribution in [2.45, 2.75) is 20.8 Å². The van der Waals surface area contributed by atoms with Gasteiger partial charge < -0.3 is 9.80 Å². The van der Waals surface area contributed by atoms with Gasteiger partial charge in [0.05, 0.1) is 18.2 Å². The molecule has 1 amide bonds. The molecule has 1 aromatic carbocycles. The highest BCUT2D eigenvalue weighted by Gasteiger charge is 2.13. The van der Waals surface area contributed by atoms with E-state index in [-0.39, 0.29) is 5.91 Å². The lowest BCUT2D eigenvalue weighted by Crippen LogP contribution is -2.38. The lowest BCUT2D eigenvalue weighted by molar-refractivity contribution is -0.129. The van der Waals surface area contributed by atoms with Crippen LogP contribution in [0.1, 0.15) is 25.0 Å². The van der Waals surface area contributed by atoms with Crippen LogP contribution in [-0.4, -0.2) is 37.5 Å². The Morgan fingerprint density at radius 1 is 1.32 bits per heavy atom. The molecule has 0 atom stereocenters. The van der Waals surface area contributed by atoms with Crippen molar-refractivity contribution in [3.8, 4) is 6.07 Å². The van der Waals surface area contributed by atoms with Crippen molar-refractivity contribution in [1.82, 2.24) is 4.90 Å². The minimum absolute atomic E-state index is 0.120. The summed E-state index contributed by atoms with van der Waals surface area (Å²) < 4.78 is 0. The number of carbonyl (C=O) groups is 1. The Morgan fingerprint density at radius 2 is 1.95 bits per heavy atom. The zero-order chi connectivity index (χ0) is 14.4. The summed E-state index contributed by atoms with van der Waals surface area (Å²) >= 11 is 0. The third-order valence-electron chi connectivity index (χ3n) is 3.26. The van der Waals surface area contributed by atoms with Gasteiger partial charge in [-0.2, -0.15) is 5.26 Å². The maximum Gasteiger partial charge on any atom is 0.242 e. The standard InChI is InChI=1S/C15H21N3O/c1-5-18(6-2)15(19)11-17(4)14-8-7-13(10-16)12(3)9-14/h7-9H,5-6,11H2,1-4H3. The lowest BCUT2D eigenvalue weighted by Gasteiger charge is -2.24. The first-order chi connectivity index (χ1) is 9.03. The molecule has 0 bridgehead atoms. The third kappa shape index (κ3) is 3.72. The van der Waals surface area contributed by atoms with Gasteiger partial charge in [0.15, 0.2) is 0 Å². The number of hydrogen-bond acceptors (Lipinski definition) is 3. The van der Waals surface area contributed by atoms with Gasteiger partial charge in [-0.05, 0) is 44.5 Å². The molecule has 1 rings (SSSR count). The number of hydrogen-bond donors (Lipinski definition) is 0. The molecule has 102 valence electrons. The summed E-state index contributed by atoms with van der Waals surface area (Å²) in [6, 6.07) is 7.75. The van der Waals surface area contributed by atoms with Crippen molar-refractivity contribution in [1.29, 1.82) is 5.26 Å². The number of nitriles is 1. The van der Waals surface area contributed by atoms with Crippen molar-refractivity contribution in [2.24, 2.45) is 0 Å². The van der Waals surface area contributed by atoms with E-state index in [0.29, 0.717) is 12.1 Å². The lowest BCUT2D eigenvalue weighted by atomic mass is 10.1. The highest BCUT2D eigenvalue weighted by molar-refractivity contribution is 5.81. The van der Waals surface area contributed by atoms with Crippen LogP contribution in [0.25, 0.3) is 0 Å². The summed E-state index contributed by atoms with van der Waals surface area (Å²) in [7, 11) is 1.89. The Morgan fingerprint density at radius 3 is 2.42 bits per heavy atom. The molecule has 19 heavy (non-hydrogen) atoms. The predicted octanol–water partition coefficient (Wildman–Crippen LogP) is 2.17. The highest BCUT2D eigenvalue weighted by Crippen LogP contribution is 2.17. The molecular formula is C15H21N3O. The topological polar surface area (TPSA) is 47.3 Å². The van der Waals surface area contributed by atoms with Crippen LogP contribution in [-0.2, 0) is 4.79 Å². The van der Waals surface area contributed by atoms with Gasteiger partial charge in [-0.15, -0.1) is 0 Å². The SMILES string of the molecule is CCN(CC)C(=O)CN(C)c1ccc(C#N)c(C)c1. The van der Waals surface area contributed by atoms with Crippen LogP contribution in [0, 0.1) is 18.3 Å². The van der Waals surface area contributed by atoms with Crippen LogP contribution in [0.4, 0.5) is 5.69 Å². The smallest absolute Gasteiger partial charge is 0.242 e. The first-order valence-corrected chi connectivity index (χ1v) is 6.53. The van der Waals surface area contributed by atoms with E-state index >= 15 is 0 Å². The molecule has 0 aromatic heterocycles. The fourth-order valence-electron chi connectivity index (χ4n) is 1.98. The zero-order valence-corrected chi connectivity index (χ0v) is 12.1. The molecule has 4 heteroatoms. The molecule has 0 radical (unpaired) electrons. The summed E-state index contributed by atoms with van der Waals surface area (Å²) in [4.78, 5) is 15.8. The van der Waals surface area contributed by atoms with Gasteiger partial charge in [-0.25, -0.2) is 0 Å². The van der Waals surface area contributed by atoms with Gasteiger partial charge in [0.2, 0.25) is 5.91 Å². The number of likely N-dealkylation sites (N-methyl/N-ethyl adjacent to an activating group) is 2. The van der Waals surface area contributed by atoms with E-state index in [1.807, 2.05) is 49.8 Å². The Hall–Kier alpha value is -2.02. The number of benzene rings is 1. The molecule has 0 saturated heterocycles. The largest absolute Gasteiger partial charge is 0.365 e. The van der Waals surface area contributed by atoms with Crippen molar-refractivity contribution in [3.63, 3.8) is 0 Å². The van der Waals surface area contributed by atoms with Crippen molar-refractivity contribution < 1.29 is 4.79 Å². The van der Waals surface area contributed by atoms with Crippen molar-refractivity contribution >= 4 is 11.6 Å². The average Bonchev–Trinajstić information content (AvgIpc) is 2.39. The average molecular weight is 259 g/mol. The molecule has 0 aliphatic heterocycles. The second-order valence-electron chi connectivity index (χ2n) is 4.53. The van der Waals surface area contributed by atoms with Gasteiger partial charge in [0.1, 0.15) is 0 Å². The van der Waals surface area contributed by atoms with Gasteiger partial charge in [-0.1, -0.05) is 0 Å². The molecule has 1 aromatic rings. The number of anilines is 1. The molecule has 0 heterocycles. The summed E-state index contributed by atoms with van der Waals surface area (Å²) in [6.07, 6.45) is 0. The predicted molar refractivity (Wildman–Crippen MR) is 77.1 cm³/mol. The molecule has 0 aliphatic carbocycles. The Balaban J connectivity index is 2.79. The van der Waals surface area contributed by atoms with Gasteiger partial charge in [0.25, 0.3) is 0 Å². The van der Waals surface area contributed by atoms with Crippen LogP contribution >= 0.6 is 0 Å². The Kier molecular flexibility index (Phi) is 5.37. The maximum atomic E-state index is 12.0. The molecule has 0 N–H and O–H groups in total. The van der Waals surface area contributed by atoms with Gasteiger partial charge in [-0.3, -0.25) is 4.79 Å². The number of carbonyl (C=O) groups excluding carboxylic acids is 1. The van der Waals surface area contributed by atoms with E-state index < -0.39 is 0 Å². The zero-order valence-electron chi connectivity index (χ0n) is 12.1. The van der Waals surface area contributed by atoms with Crippen LogP contribution in [0.2, 0.25) is 0 Å². The van der Waals surface area contributed by atoms with E-state index in [0.717, 1.165) is 24.3 Å². The summed E-state index contributed by atoms with van der Waals surface area (Å²) in [5.41, 5.74) is 2.56. The number of aryl methyl sites for hydroxylation is 1. The highest BCUT2D eigenvalue weighted by atomic mass is 16.2. The Bertz CT molecular complexity index is 487. The van der Waals surface area contributed by atoms with Crippen molar-refractivity contribution in [3.05, 3.63) is 29.3 Å². The first-order valence-electron chi connectivity index (χ1n) is 6.53. The molecule has 0 saturated carbocycles. The monoisotopic (exact) mass is 259 g/mol. The molecule has 0 spiro atoms.